The number of hydrogen-bond donors (Lipinski definition) is 2. The van der Waals surface area contributed by atoms with Crippen molar-refractivity contribution in [3.05, 3.63) is 0 Å². The molecule has 0 bridgehead atoms. The van der Waals surface area contributed by atoms with Gasteiger partial charge in [-0.1, -0.05) is 27.7 Å². The minimum atomic E-state index is -1.46. The highest BCUT2D eigenvalue weighted by atomic mass is 16.5. The first-order valence-corrected chi connectivity index (χ1v) is 12.1. The summed E-state index contributed by atoms with van der Waals surface area (Å²) in [5.41, 5.74) is -3.09. The Labute approximate surface area is 179 Å². The van der Waals surface area contributed by atoms with Crippen molar-refractivity contribution >= 4 is 11.8 Å². The molecule has 0 amide bonds. The van der Waals surface area contributed by atoms with Crippen molar-refractivity contribution in [3.8, 4) is 0 Å². The Morgan fingerprint density at radius 1 is 1.13 bits per heavy atom. The van der Waals surface area contributed by atoms with Gasteiger partial charge in [-0.05, 0) is 74.0 Å². The predicted octanol–water partition coefficient (Wildman–Crippen LogP) is 3.36. The summed E-state index contributed by atoms with van der Waals surface area (Å²) in [7, 11) is 0. The number of fused-ring (bicyclic) bond motifs is 8. The Morgan fingerprint density at radius 3 is 2.50 bits per heavy atom. The minimum absolute atomic E-state index is 0.163. The van der Waals surface area contributed by atoms with E-state index in [9.17, 15) is 19.8 Å². The second kappa shape index (κ2) is 6.10. The van der Waals surface area contributed by atoms with Crippen LogP contribution >= 0.6 is 0 Å². The van der Waals surface area contributed by atoms with E-state index in [0.717, 1.165) is 25.7 Å². The van der Waals surface area contributed by atoms with Crippen LogP contribution in [0.4, 0.5) is 0 Å². The smallest absolute Gasteiger partial charge is 0.338 e. The van der Waals surface area contributed by atoms with Crippen molar-refractivity contribution < 1.29 is 24.5 Å². The molecule has 0 aromatic carbocycles. The number of rotatable bonds is 2. The van der Waals surface area contributed by atoms with Crippen molar-refractivity contribution in [2.24, 2.45) is 52.3 Å². The monoisotopic (exact) mass is 418 g/mol. The largest absolute Gasteiger partial charge is 0.464 e. The molecule has 0 saturated heterocycles. The molecular weight excluding hydrogens is 380 g/mol. The molecule has 0 aliphatic heterocycles. The maximum Gasteiger partial charge on any atom is 0.338 e. The lowest BCUT2D eigenvalue weighted by atomic mass is 9.42. The molecule has 5 saturated carbocycles. The maximum absolute atomic E-state index is 13.1. The number of carbonyl (C=O) groups is 2. The second-order valence-corrected chi connectivity index (χ2v) is 11.9. The summed E-state index contributed by atoms with van der Waals surface area (Å²) in [6, 6.07) is 0. The van der Waals surface area contributed by atoms with Crippen LogP contribution in [0.5, 0.6) is 0 Å². The van der Waals surface area contributed by atoms with Crippen LogP contribution in [0.15, 0.2) is 0 Å². The Hall–Kier alpha value is -0.940. The van der Waals surface area contributed by atoms with Gasteiger partial charge in [0.25, 0.3) is 0 Å². The van der Waals surface area contributed by atoms with Crippen LogP contribution in [0.3, 0.4) is 0 Å². The van der Waals surface area contributed by atoms with Crippen molar-refractivity contribution in [1.29, 1.82) is 0 Å². The van der Waals surface area contributed by atoms with Crippen LogP contribution in [0.2, 0.25) is 0 Å². The van der Waals surface area contributed by atoms with Gasteiger partial charge < -0.3 is 14.9 Å². The zero-order chi connectivity index (χ0) is 21.9. The van der Waals surface area contributed by atoms with E-state index in [1.54, 1.807) is 6.92 Å². The minimum Gasteiger partial charge on any atom is -0.464 e. The molecule has 30 heavy (non-hydrogen) atoms. The van der Waals surface area contributed by atoms with Crippen LogP contribution in [0, 0.1) is 52.3 Å². The molecule has 0 spiro atoms. The van der Waals surface area contributed by atoms with Gasteiger partial charge in [-0.3, -0.25) is 4.79 Å². The third-order valence-electron chi connectivity index (χ3n) is 11.2. The number of hydrogen-bond acceptors (Lipinski definition) is 5. The van der Waals surface area contributed by atoms with Crippen molar-refractivity contribution in [2.45, 2.75) is 84.3 Å². The number of esters is 1. The summed E-state index contributed by atoms with van der Waals surface area (Å²) < 4.78 is 5.40. The number of Topliss-reactive ketones (excluding diaryl/α,β-unsaturated/α-hetero) is 1. The van der Waals surface area contributed by atoms with Crippen molar-refractivity contribution in [3.63, 3.8) is 0 Å². The normalized spacial score (nSPS) is 58.9. The van der Waals surface area contributed by atoms with Crippen LogP contribution < -0.4 is 0 Å². The highest BCUT2D eigenvalue weighted by Crippen LogP contribution is 2.77. The number of carbonyl (C=O) groups excluding carboxylic acids is 2. The van der Waals surface area contributed by atoms with Gasteiger partial charge in [0, 0.05) is 23.7 Å². The van der Waals surface area contributed by atoms with Gasteiger partial charge in [0.1, 0.15) is 5.78 Å². The van der Waals surface area contributed by atoms with Crippen molar-refractivity contribution in [2.75, 3.05) is 6.61 Å². The predicted molar refractivity (Wildman–Crippen MR) is 111 cm³/mol. The van der Waals surface area contributed by atoms with E-state index < -0.39 is 22.6 Å². The molecule has 5 heteroatoms. The van der Waals surface area contributed by atoms with Gasteiger partial charge in [-0.15, -0.1) is 0 Å². The molecular formula is C25H38O5. The van der Waals surface area contributed by atoms with E-state index in [2.05, 4.69) is 20.8 Å². The molecule has 5 aliphatic rings. The molecule has 7 unspecified atom stereocenters. The summed E-state index contributed by atoms with van der Waals surface area (Å²) in [6.07, 6.45) is 4.29. The van der Waals surface area contributed by atoms with Crippen molar-refractivity contribution in [1.82, 2.24) is 0 Å². The highest BCUT2D eigenvalue weighted by Gasteiger charge is 2.79. The standard InChI is InChI=1S/C25H38O5/c1-6-30-21(27)25(29)14(3)13(2)20-19-16-11-18(16)24(28)12-15(26)7-9-22(24,4)17(19)8-10-23(20,25)5/h13-14,16-20,28-29H,6-12H2,1-5H3/t13?,14?,16?,17?,18?,19?,20?,22-,23+,24-,25-/m1/s1. The van der Waals surface area contributed by atoms with E-state index in [-0.39, 0.29) is 41.5 Å². The SMILES string of the molecule is CCOC(=O)[C@]1(O)C(C)C(C)C2C3C4CC4[C@]4(O)CC(=O)CC[C@]4(C)C3CC[C@@]21C. The van der Waals surface area contributed by atoms with E-state index in [4.69, 9.17) is 4.74 Å². The van der Waals surface area contributed by atoms with Gasteiger partial charge in [-0.25, -0.2) is 4.79 Å². The third-order valence-corrected chi connectivity index (χ3v) is 11.2. The first kappa shape index (κ1) is 20.9. The van der Waals surface area contributed by atoms with Crippen LogP contribution in [0.1, 0.15) is 73.1 Å². The Bertz CT molecular complexity index is 794. The fraction of sp³-hybridized carbons (Fsp3) is 0.920. The average molecular weight is 419 g/mol. The van der Waals surface area contributed by atoms with E-state index >= 15 is 0 Å². The lowest BCUT2D eigenvalue weighted by Crippen LogP contribution is -2.65. The molecule has 0 aromatic rings. The molecule has 0 radical (unpaired) electrons. The first-order chi connectivity index (χ1) is 14.0. The zero-order valence-corrected chi connectivity index (χ0v) is 19.1. The number of ether oxygens (including phenoxy) is 1. The van der Waals surface area contributed by atoms with Gasteiger partial charge in [0.15, 0.2) is 5.60 Å². The quantitative estimate of drug-likeness (QED) is 0.672. The molecule has 5 fully saturated rings. The van der Waals surface area contributed by atoms with Crippen LogP contribution in [0.25, 0.3) is 0 Å². The highest BCUT2D eigenvalue weighted by molar-refractivity contribution is 5.82. The van der Waals surface area contributed by atoms with E-state index in [0.29, 0.717) is 30.6 Å². The molecule has 5 nitrogen and oxygen atoms in total. The summed E-state index contributed by atoms with van der Waals surface area (Å²) >= 11 is 0. The topological polar surface area (TPSA) is 83.8 Å². The Morgan fingerprint density at radius 2 is 1.83 bits per heavy atom. The first-order valence-electron chi connectivity index (χ1n) is 12.1. The maximum atomic E-state index is 13.1. The fourth-order valence-electron chi connectivity index (χ4n) is 9.50. The Balaban J connectivity index is 1.58. The summed E-state index contributed by atoms with van der Waals surface area (Å²) in [5, 5.41) is 23.7. The second-order valence-electron chi connectivity index (χ2n) is 11.9. The lowest BCUT2D eigenvalue weighted by Gasteiger charge is -2.63. The van der Waals surface area contributed by atoms with Gasteiger partial charge >= 0.3 is 5.97 Å². The summed E-state index contributed by atoms with van der Waals surface area (Å²) in [6.45, 7) is 10.6. The molecule has 2 N–H and O–H groups in total. The van der Waals surface area contributed by atoms with E-state index in [1.807, 2.05) is 6.92 Å². The number of ketones is 1. The molecule has 0 aromatic heterocycles. The van der Waals surface area contributed by atoms with Gasteiger partial charge in [-0.2, -0.15) is 0 Å². The van der Waals surface area contributed by atoms with E-state index in [1.165, 1.54) is 0 Å². The molecule has 5 aliphatic carbocycles. The molecule has 168 valence electrons. The average Bonchev–Trinajstić information content (AvgIpc) is 3.47. The number of aliphatic hydroxyl groups is 2. The van der Waals surface area contributed by atoms with Crippen LogP contribution in [-0.2, 0) is 14.3 Å². The van der Waals surface area contributed by atoms with Crippen LogP contribution in [-0.4, -0.2) is 39.8 Å². The lowest BCUT2D eigenvalue weighted by molar-refractivity contribution is -0.224. The molecule has 11 atom stereocenters. The zero-order valence-electron chi connectivity index (χ0n) is 19.1. The molecule has 5 rings (SSSR count). The Kier molecular flexibility index (Phi) is 4.25. The summed E-state index contributed by atoms with van der Waals surface area (Å²) in [4.78, 5) is 25.4. The fourth-order valence-corrected chi connectivity index (χ4v) is 9.50. The van der Waals surface area contributed by atoms with Gasteiger partial charge in [0.2, 0.25) is 0 Å². The molecule has 0 heterocycles. The van der Waals surface area contributed by atoms with Gasteiger partial charge in [0.05, 0.1) is 12.2 Å². The summed E-state index contributed by atoms with van der Waals surface area (Å²) in [5.74, 6) is 1.36. The third kappa shape index (κ3) is 2.12.